The molecule has 4 nitrogen and oxygen atoms in total. The largest absolute Gasteiger partial charge is 0.345 e. The Labute approximate surface area is 195 Å². The number of carbonyl (C=O) groups is 1. The van der Waals surface area contributed by atoms with E-state index in [1.165, 1.54) is 11.1 Å². The second-order valence-corrected chi connectivity index (χ2v) is 9.20. The maximum absolute atomic E-state index is 12.9. The van der Waals surface area contributed by atoms with Gasteiger partial charge in [0.2, 0.25) is 0 Å². The highest BCUT2D eigenvalue weighted by Gasteiger charge is 2.18. The fourth-order valence-electron chi connectivity index (χ4n) is 3.78. The molecule has 2 aromatic carbocycles. The number of carbonyl (C=O) groups excluding carboxylic acids is 1. The Hall–Kier alpha value is -2.34. The second kappa shape index (κ2) is 9.03. The number of hydrogen-bond acceptors (Lipinski definition) is 3. The van der Waals surface area contributed by atoms with Gasteiger partial charge in [-0.25, -0.2) is 4.98 Å². The molecule has 0 saturated heterocycles. The van der Waals surface area contributed by atoms with Crippen LogP contribution >= 0.6 is 34.5 Å². The molecule has 0 aliphatic rings. The number of aryl methyl sites for hydroxylation is 2. The van der Waals surface area contributed by atoms with Crippen molar-refractivity contribution in [2.75, 3.05) is 0 Å². The molecule has 0 saturated carbocycles. The molecule has 0 fully saturated rings. The highest BCUT2D eigenvalue weighted by molar-refractivity contribution is 7.08. The predicted molar refractivity (Wildman–Crippen MR) is 130 cm³/mol. The number of fused-ring (bicyclic) bond motifs is 1. The second-order valence-electron chi connectivity index (χ2n) is 7.64. The molecule has 0 spiro atoms. The smallest absolute Gasteiger partial charge is 0.251 e. The van der Waals surface area contributed by atoms with Crippen LogP contribution in [0.25, 0.3) is 11.0 Å². The van der Waals surface area contributed by atoms with Crippen LogP contribution in [-0.4, -0.2) is 15.5 Å². The molecule has 0 aliphatic heterocycles. The molecule has 1 unspecified atom stereocenters. The zero-order valence-corrected chi connectivity index (χ0v) is 19.9. The van der Waals surface area contributed by atoms with Crippen LogP contribution in [0, 0.1) is 13.8 Å². The standard InChI is InChI=1S/C24H23Cl2N3OS/c1-4-21(18-13-31-12-14(18)2)28-24(30)17-6-8-23-22(10-17)27-15(3)29(23)11-16-5-7-19(25)20(26)9-16/h5-10,12-13,21H,4,11H2,1-3H3,(H,28,30). The van der Waals surface area contributed by atoms with Crippen molar-refractivity contribution < 1.29 is 4.79 Å². The van der Waals surface area contributed by atoms with Crippen LogP contribution in [0.3, 0.4) is 0 Å². The van der Waals surface area contributed by atoms with Crippen LogP contribution in [0.4, 0.5) is 0 Å². The molecule has 4 aromatic rings. The lowest BCUT2D eigenvalue weighted by molar-refractivity contribution is 0.0935. The number of halogens is 2. The number of nitrogens with one attached hydrogen (secondary N) is 1. The highest BCUT2D eigenvalue weighted by Crippen LogP contribution is 2.26. The number of nitrogens with zero attached hydrogens (tertiary/aromatic N) is 2. The van der Waals surface area contributed by atoms with Gasteiger partial charge in [-0.2, -0.15) is 11.3 Å². The van der Waals surface area contributed by atoms with Crippen molar-refractivity contribution in [1.29, 1.82) is 0 Å². The lowest BCUT2D eigenvalue weighted by atomic mass is 10.0. The summed E-state index contributed by atoms with van der Waals surface area (Å²) >= 11 is 13.9. The number of rotatable bonds is 6. The molecule has 160 valence electrons. The molecule has 31 heavy (non-hydrogen) atoms. The van der Waals surface area contributed by atoms with Gasteiger partial charge in [0.1, 0.15) is 5.82 Å². The maximum atomic E-state index is 12.9. The summed E-state index contributed by atoms with van der Waals surface area (Å²) in [5.74, 6) is 0.787. The fraction of sp³-hybridized carbons (Fsp3) is 0.250. The summed E-state index contributed by atoms with van der Waals surface area (Å²) in [5, 5.41) is 8.46. The first kappa shape index (κ1) is 21.9. The van der Waals surface area contributed by atoms with Crippen molar-refractivity contribution >= 4 is 51.5 Å². The lowest BCUT2D eigenvalue weighted by Crippen LogP contribution is -2.28. The monoisotopic (exact) mass is 471 g/mol. The van der Waals surface area contributed by atoms with Gasteiger partial charge in [-0.3, -0.25) is 4.79 Å². The lowest BCUT2D eigenvalue weighted by Gasteiger charge is -2.17. The molecular weight excluding hydrogens is 449 g/mol. The predicted octanol–water partition coefficient (Wildman–Crippen LogP) is 6.95. The summed E-state index contributed by atoms with van der Waals surface area (Å²) in [6.45, 7) is 6.75. The normalized spacial score (nSPS) is 12.3. The zero-order chi connectivity index (χ0) is 22.1. The van der Waals surface area contributed by atoms with Crippen molar-refractivity contribution in [3.63, 3.8) is 0 Å². The van der Waals surface area contributed by atoms with E-state index in [0.717, 1.165) is 28.8 Å². The highest BCUT2D eigenvalue weighted by atomic mass is 35.5. The van der Waals surface area contributed by atoms with Gasteiger partial charge in [-0.05, 0) is 78.1 Å². The van der Waals surface area contributed by atoms with Gasteiger partial charge in [0.05, 0.1) is 27.1 Å². The van der Waals surface area contributed by atoms with Crippen LogP contribution in [-0.2, 0) is 6.54 Å². The van der Waals surface area contributed by atoms with Gasteiger partial charge in [0.15, 0.2) is 0 Å². The molecule has 2 aromatic heterocycles. The number of thiophene rings is 1. The Morgan fingerprint density at radius 3 is 2.61 bits per heavy atom. The van der Waals surface area contributed by atoms with E-state index in [1.54, 1.807) is 17.4 Å². The van der Waals surface area contributed by atoms with Gasteiger partial charge < -0.3 is 9.88 Å². The molecule has 0 aliphatic carbocycles. The summed E-state index contributed by atoms with van der Waals surface area (Å²) in [6.07, 6.45) is 0.836. The van der Waals surface area contributed by atoms with Gasteiger partial charge in [0.25, 0.3) is 5.91 Å². The Balaban J connectivity index is 1.59. The SMILES string of the molecule is CCC(NC(=O)c1ccc2c(c1)nc(C)n2Cc1ccc(Cl)c(Cl)c1)c1cscc1C. The van der Waals surface area contributed by atoms with E-state index < -0.39 is 0 Å². The number of hydrogen-bond donors (Lipinski definition) is 1. The van der Waals surface area contributed by atoms with E-state index in [1.807, 2.05) is 37.3 Å². The summed E-state index contributed by atoms with van der Waals surface area (Å²) in [4.78, 5) is 17.6. The fourth-order valence-corrected chi connectivity index (χ4v) is 5.01. The minimum atomic E-state index is -0.0870. The molecule has 4 rings (SSSR count). The van der Waals surface area contributed by atoms with Crippen LogP contribution in [0.1, 0.15) is 52.3 Å². The molecule has 0 bridgehead atoms. The molecule has 1 N–H and O–H groups in total. The van der Waals surface area contributed by atoms with Gasteiger partial charge >= 0.3 is 0 Å². The van der Waals surface area contributed by atoms with Crippen LogP contribution < -0.4 is 5.32 Å². The Morgan fingerprint density at radius 1 is 1.13 bits per heavy atom. The number of amides is 1. The molecule has 7 heteroatoms. The van der Waals surface area contributed by atoms with E-state index in [2.05, 4.69) is 39.5 Å². The van der Waals surface area contributed by atoms with Crippen molar-refractivity contribution in [3.8, 4) is 0 Å². The third kappa shape index (κ3) is 4.49. The number of benzene rings is 2. The topological polar surface area (TPSA) is 46.9 Å². The first-order chi connectivity index (χ1) is 14.9. The van der Waals surface area contributed by atoms with Crippen molar-refractivity contribution in [3.05, 3.63) is 85.3 Å². The van der Waals surface area contributed by atoms with Crippen LogP contribution in [0.2, 0.25) is 10.0 Å². The molecule has 2 heterocycles. The molecule has 0 radical (unpaired) electrons. The summed E-state index contributed by atoms with van der Waals surface area (Å²) in [6, 6.07) is 11.3. The zero-order valence-electron chi connectivity index (χ0n) is 17.6. The summed E-state index contributed by atoms with van der Waals surface area (Å²) < 4.78 is 2.11. The molecule has 1 atom stereocenters. The van der Waals surface area contributed by atoms with Crippen molar-refractivity contribution in [1.82, 2.24) is 14.9 Å². The molecular formula is C24H23Cl2N3OS. The summed E-state index contributed by atoms with van der Waals surface area (Å²) in [7, 11) is 0. The van der Waals surface area contributed by atoms with E-state index in [0.29, 0.717) is 22.2 Å². The Morgan fingerprint density at radius 2 is 1.94 bits per heavy atom. The minimum absolute atomic E-state index is 0.00314. The van der Waals surface area contributed by atoms with E-state index >= 15 is 0 Å². The van der Waals surface area contributed by atoms with Crippen molar-refractivity contribution in [2.45, 2.75) is 39.8 Å². The van der Waals surface area contributed by atoms with Crippen molar-refractivity contribution in [2.24, 2.45) is 0 Å². The first-order valence-corrected chi connectivity index (χ1v) is 11.8. The Bertz CT molecular complexity index is 1260. The molecule has 1 amide bonds. The average Bonchev–Trinajstić information content (AvgIpc) is 3.31. The van der Waals surface area contributed by atoms with Crippen LogP contribution in [0.5, 0.6) is 0 Å². The average molecular weight is 472 g/mol. The first-order valence-electron chi connectivity index (χ1n) is 10.1. The minimum Gasteiger partial charge on any atom is -0.345 e. The van der Waals surface area contributed by atoms with E-state index in [9.17, 15) is 4.79 Å². The quantitative estimate of drug-likeness (QED) is 0.330. The maximum Gasteiger partial charge on any atom is 0.251 e. The van der Waals surface area contributed by atoms with Crippen LogP contribution in [0.15, 0.2) is 47.2 Å². The van der Waals surface area contributed by atoms with E-state index in [4.69, 9.17) is 23.2 Å². The summed E-state index contributed by atoms with van der Waals surface area (Å²) in [5.41, 5.74) is 5.81. The van der Waals surface area contributed by atoms with E-state index in [-0.39, 0.29) is 11.9 Å². The van der Waals surface area contributed by atoms with Gasteiger partial charge in [0, 0.05) is 12.1 Å². The van der Waals surface area contributed by atoms with Gasteiger partial charge in [-0.15, -0.1) is 0 Å². The van der Waals surface area contributed by atoms with Gasteiger partial charge in [-0.1, -0.05) is 36.2 Å². The Kier molecular flexibility index (Phi) is 6.37. The number of aromatic nitrogens is 2. The number of imidazole rings is 1. The third-order valence-electron chi connectivity index (χ3n) is 5.51. The third-order valence-corrected chi connectivity index (χ3v) is 7.13.